The third-order valence-corrected chi connectivity index (χ3v) is 3.83. The van der Waals surface area contributed by atoms with E-state index in [9.17, 15) is 14.4 Å². The fraction of sp³-hybridized carbons (Fsp3) is 0.350. The van der Waals surface area contributed by atoms with E-state index in [1.807, 2.05) is 36.4 Å². The van der Waals surface area contributed by atoms with Crippen LogP contribution in [0, 0.1) is 0 Å². The highest BCUT2D eigenvalue weighted by Gasteiger charge is 2.08. The zero-order chi connectivity index (χ0) is 18.8. The highest BCUT2D eigenvalue weighted by Crippen LogP contribution is 2.15. The average Bonchev–Trinajstić information content (AvgIpc) is 2.65. The van der Waals surface area contributed by atoms with Crippen molar-refractivity contribution >= 4 is 28.6 Å². The summed E-state index contributed by atoms with van der Waals surface area (Å²) in [6, 6.07) is 13.3. The van der Waals surface area contributed by atoms with Gasteiger partial charge in [-0.1, -0.05) is 30.3 Å². The quantitative estimate of drug-likeness (QED) is 0.534. The van der Waals surface area contributed by atoms with Crippen molar-refractivity contribution in [2.75, 3.05) is 19.7 Å². The molecule has 0 saturated heterocycles. The first kappa shape index (κ1) is 19.4. The number of nitrogens with one attached hydrogen (secondary N) is 2. The lowest BCUT2D eigenvalue weighted by Gasteiger charge is -2.07. The fourth-order valence-corrected chi connectivity index (χ4v) is 2.50. The highest BCUT2D eigenvalue weighted by molar-refractivity contribution is 5.98. The van der Waals surface area contributed by atoms with E-state index >= 15 is 0 Å². The van der Waals surface area contributed by atoms with Crippen LogP contribution in [0.1, 0.15) is 36.5 Å². The molecule has 0 atom stereocenters. The summed E-state index contributed by atoms with van der Waals surface area (Å²) in [5, 5.41) is 7.54. The molecule has 6 heteroatoms. The molecule has 6 nitrogen and oxygen atoms in total. The number of ether oxygens (including phenoxy) is 1. The monoisotopic (exact) mass is 356 g/mol. The molecule has 0 bridgehead atoms. The molecule has 2 aromatic carbocycles. The summed E-state index contributed by atoms with van der Waals surface area (Å²) < 4.78 is 4.81. The second-order valence-corrected chi connectivity index (χ2v) is 5.83. The minimum absolute atomic E-state index is 0.160. The number of esters is 1. The molecule has 0 aliphatic heterocycles. The van der Waals surface area contributed by atoms with Crippen molar-refractivity contribution in [2.45, 2.75) is 26.2 Å². The molecule has 0 heterocycles. The molecule has 26 heavy (non-hydrogen) atoms. The Morgan fingerprint density at radius 1 is 0.923 bits per heavy atom. The minimum Gasteiger partial charge on any atom is -0.466 e. The number of carbonyl (C=O) groups excluding carboxylic acids is 3. The Labute approximate surface area is 152 Å². The maximum absolute atomic E-state index is 12.2. The number of carbonyl (C=O) groups is 3. The number of benzene rings is 2. The molecule has 2 N–H and O–H groups in total. The van der Waals surface area contributed by atoms with Crippen molar-refractivity contribution in [3.8, 4) is 0 Å². The number of hydrogen-bond donors (Lipinski definition) is 2. The lowest BCUT2D eigenvalue weighted by atomic mass is 10.1. The summed E-state index contributed by atoms with van der Waals surface area (Å²) in [5.41, 5.74) is 0.568. The summed E-state index contributed by atoms with van der Waals surface area (Å²) in [6.07, 6.45) is 1.01. The van der Waals surface area contributed by atoms with Crippen LogP contribution in [-0.2, 0) is 14.3 Å². The predicted molar refractivity (Wildman–Crippen MR) is 99.8 cm³/mol. The van der Waals surface area contributed by atoms with E-state index in [4.69, 9.17) is 4.74 Å². The molecule has 0 radical (unpaired) electrons. The fourth-order valence-electron chi connectivity index (χ4n) is 2.50. The summed E-state index contributed by atoms with van der Waals surface area (Å²) in [5.74, 6) is -0.622. The topological polar surface area (TPSA) is 84.5 Å². The van der Waals surface area contributed by atoms with Gasteiger partial charge >= 0.3 is 5.97 Å². The molecule has 0 aliphatic carbocycles. The Balaban J connectivity index is 1.67. The van der Waals surface area contributed by atoms with Crippen LogP contribution in [0.2, 0.25) is 0 Å². The molecule has 2 amide bonds. The van der Waals surface area contributed by atoms with Gasteiger partial charge in [0.05, 0.1) is 6.61 Å². The molecule has 0 saturated carbocycles. The minimum atomic E-state index is -0.260. The highest BCUT2D eigenvalue weighted by atomic mass is 16.5. The largest absolute Gasteiger partial charge is 0.466 e. The van der Waals surface area contributed by atoms with Gasteiger partial charge in [0.1, 0.15) is 0 Å². The van der Waals surface area contributed by atoms with Gasteiger partial charge in [-0.05, 0) is 36.2 Å². The summed E-state index contributed by atoms with van der Waals surface area (Å²) in [6.45, 7) is 2.79. The van der Waals surface area contributed by atoms with Gasteiger partial charge in [0.25, 0.3) is 5.91 Å². The number of amides is 2. The predicted octanol–water partition coefficient (Wildman–Crippen LogP) is 2.42. The second-order valence-electron chi connectivity index (χ2n) is 5.83. The second kappa shape index (κ2) is 10.2. The molecular weight excluding hydrogens is 332 g/mol. The third kappa shape index (κ3) is 6.20. The van der Waals surface area contributed by atoms with Crippen LogP contribution in [0.15, 0.2) is 42.5 Å². The van der Waals surface area contributed by atoms with Gasteiger partial charge in [0.15, 0.2) is 0 Å². The van der Waals surface area contributed by atoms with E-state index in [1.54, 1.807) is 13.0 Å². The first-order valence-electron chi connectivity index (χ1n) is 8.79. The Morgan fingerprint density at radius 2 is 1.69 bits per heavy atom. The van der Waals surface area contributed by atoms with E-state index in [2.05, 4.69) is 10.6 Å². The van der Waals surface area contributed by atoms with Crippen molar-refractivity contribution in [1.29, 1.82) is 0 Å². The summed E-state index contributed by atoms with van der Waals surface area (Å²) >= 11 is 0. The maximum atomic E-state index is 12.2. The zero-order valence-electron chi connectivity index (χ0n) is 14.9. The van der Waals surface area contributed by atoms with Crippen LogP contribution in [0.25, 0.3) is 10.8 Å². The Hall–Kier alpha value is -2.89. The normalized spacial score (nSPS) is 10.3. The van der Waals surface area contributed by atoms with Gasteiger partial charge in [-0.2, -0.15) is 0 Å². The molecule has 0 aliphatic rings. The molecule has 0 unspecified atom stereocenters. The number of hydrogen-bond acceptors (Lipinski definition) is 4. The first-order valence-corrected chi connectivity index (χ1v) is 8.79. The van der Waals surface area contributed by atoms with E-state index in [-0.39, 0.29) is 37.2 Å². The Bertz CT molecular complexity index is 773. The van der Waals surface area contributed by atoms with Gasteiger partial charge in [-0.25, -0.2) is 0 Å². The summed E-state index contributed by atoms with van der Waals surface area (Å²) in [7, 11) is 0. The Kier molecular flexibility index (Phi) is 7.61. The number of fused-ring (bicyclic) bond motifs is 1. The Morgan fingerprint density at radius 3 is 2.46 bits per heavy atom. The standard InChI is InChI=1S/C20H24N2O4/c1-2-26-19(24)8-5-12-21-18(23)11-13-22-20(25)17-10-9-15-6-3-4-7-16(15)14-17/h3-4,6-7,9-10,14H,2,5,8,11-13H2,1H3,(H,21,23)(H,22,25). The van der Waals surface area contributed by atoms with Crippen LogP contribution >= 0.6 is 0 Å². The molecule has 0 aromatic heterocycles. The van der Waals surface area contributed by atoms with E-state index < -0.39 is 0 Å². The van der Waals surface area contributed by atoms with Crippen molar-refractivity contribution in [3.63, 3.8) is 0 Å². The molecule has 2 rings (SSSR count). The maximum Gasteiger partial charge on any atom is 0.305 e. The molecule has 0 fully saturated rings. The molecule has 0 spiro atoms. The van der Waals surface area contributed by atoms with Crippen molar-refractivity contribution in [2.24, 2.45) is 0 Å². The van der Waals surface area contributed by atoms with Crippen molar-refractivity contribution in [1.82, 2.24) is 10.6 Å². The van der Waals surface area contributed by atoms with E-state index in [0.717, 1.165) is 10.8 Å². The third-order valence-electron chi connectivity index (χ3n) is 3.83. The zero-order valence-corrected chi connectivity index (χ0v) is 14.9. The van der Waals surface area contributed by atoms with Crippen molar-refractivity contribution < 1.29 is 19.1 Å². The SMILES string of the molecule is CCOC(=O)CCCNC(=O)CCNC(=O)c1ccc2ccccc2c1. The first-order chi connectivity index (χ1) is 12.6. The van der Waals surface area contributed by atoms with Crippen LogP contribution in [0.5, 0.6) is 0 Å². The summed E-state index contributed by atoms with van der Waals surface area (Å²) in [4.78, 5) is 35.1. The van der Waals surface area contributed by atoms with E-state index in [0.29, 0.717) is 25.1 Å². The molecule has 138 valence electrons. The average molecular weight is 356 g/mol. The smallest absolute Gasteiger partial charge is 0.305 e. The van der Waals surface area contributed by atoms with Gasteiger partial charge in [-0.3, -0.25) is 14.4 Å². The van der Waals surface area contributed by atoms with Gasteiger partial charge in [-0.15, -0.1) is 0 Å². The lowest BCUT2D eigenvalue weighted by Crippen LogP contribution is -2.31. The van der Waals surface area contributed by atoms with Gasteiger partial charge in [0, 0.05) is 31.5 Å². The van der Waals surface area contributed by atoms with Crippen LogP contribution in [-0.4, -0.2) is 37.5 Å². The molecular formula is C20H24N2O4. The van der Waals surface area contributed by atoms with E-state index in [1.165, 1.54) is 0 Å². The number of rotatable bonds is 9. The van der Waals surface area contributed by atoms with Crippen LogP contribution in [0.3, 0.4) is 0 Å². The lowest BCUT2D eigenvalue weighted by molar-refractivity contribution is -0.143. The van der Waals surface area contributed by atoms with Crippen LogP contribution < -0.4 is 10.6 Å². The molecule has 2 aromatic rings. The van der Waals surface area contributed by atoms with Gasteiger partial charge < -0.3 is 15.4 Å². The van der Waals surface area contributed by atoms with Crippen molar-refractivity contribution in [3.05, 3.63) is 48.0 Å². The van der Waals surface area contributed by atoms with Gasteiger partial charge in [0.2, 0.25) is 5.91 Å². The van der Waals surface area contributed by atoms with Crippen LogP contribution in [0.4, 0.5) is 0 Å².